The number of amides is 1. The van der Waals surface area contributed by atoms with Crippen LogP contribution in [0.3, 0.4) is 0 Å². The van der Waals surface area contributed by atoms with Crippen LogP contribution in [0, 0.1) is 5.92 Å². The minimum atomic E-state index is -3.46. The summed E-state index contributed by atoms with van der Waals surface area (Å²) < 4.78 is 25.1. The quantitative estimate of drug-likeness (QED) is 0.780. The molecule has 0 bridgehead atoms. The standard InChI is InChI=1S/C20H26N2O3S/c1-15(2)20(3,14-21)22-19(23)17-9-11-18(12-10-17)26(24,25)13-16-7-5-4-6-8-16/h4-12,15H,13-14,21H2,1-3H3,(H,22,23). The second-order valence-corrected chi connectivity index (χ2v) is 8.99. The zero-order chi connectivity index (χ0) is 19.4. The van der Waals surface area contributed by atoms with E-state index in [0.717, 1.165) is 5.56 Å². The summed E-state index contributed by atoms with van der Waals surface area (Å²) in [5, 5.41) is 2.94. The lowest BCUT2D eigenvalue weighted by Crippen LogP contribution is -2.55. The van der Waals surface area contributed by atoms with E-state index in [1.54, 1.807) is 12.1 Å². The van der Waals surface area contributed by atoms with Crippen LogP contribution in [0.5, 0.6) is 0 Å². The second kappa shape index (κ2) is 8.01. The molecule has 0 fully saturated rings. The van der Waals surface area contributed by atoms with E-state index < -0.39 is 15.4 Å². The van der Waals surface area contributed by atoms with E-state index in [0.29, 0.717) is 12.1 Å². The summed E-state index contributed by atoms with van der Waals surface area (Å²) in [5.41, 5.74) is 6.41. The number of hydrogen-bond donors (Lipinski definition) is 2. The normalized spacial score (nSPS) is 14.0. The minimum Gasteiger partial charge on any atom is -0.345 e. The Morgan fingerprint density at radius 3 is 2.15 bits per heavy atom. The van der Waals surface area contributed by atoms with Gasteiger partial charge in [0.1, 0.15) is 0 Å². The van der Waals surface area contributed by atoms with Gasteiger partial charge >= 0.3 is 0 Å². The third-order valence-corrected chi connectivity index (χ3v) is 6.48. The molecule has 0 aliphatic heterocycles. The van der Waals surface area contributed by atoms with Gasteiger partial charge in [0.2, 0.25) is 0 Å². The number of rotatable bonds is 7. The number of nitrogens with two attached hydrogens (primary N) is 1. The molecule has 5 nitrogen and oxygen atoms in total. The predicted octanol–water partition coefficient (Wildman–Crippen LogP) is 2.76. The fourth-order valence-electron chi connectivity index (χ4n) is 2.45. The van der Waals surface area contributed by atoms with Crippen LogP contribution in [-0.2, 0) is 15.6 Å². The van der Waals surface area contributed by atoms with Crippen molar-refractivity contribution in [2.75, 3.05) is 6.54 Å². The van der Waals surface area contributed by atoms with Gasteiger partial charge in [0.25, 0.3) is 5.91 Å². The van der Waals surface area contributed by atoms with Crippen LogP contribution < -0.4 is 11.1 Å². The van der Waals surface area contributed by atoms with E-state index in [-0.39, 0.29) is 22.5 Å². The van der Waals surface area contributed by atoms with Crippen molar-refractivity contribution in [2.24, 2.45) is 11.7 Å². The molecule has 1 unspecified atom stereocenters. The highest BCUT2D eigenvalue weighted by Gasteiger charge is 2.29. The van der Waals surface area contributed by atoms with Gasteiger partial charge in [-0.05, 0) is 42.7 Å². The Balaban J connectivity index is 2.16. The van der Waals surface area contributed by atoms with Crippen molar-refractivity contribution < 1.29 is 13.2 Å². The molecule has 26 heavy (non-hydrogen) atoms. The number of nitrogens with one attached hydrogen (secondary N) is 1. The van der Waals surface area contributed by atoms with Crippen molar-refractivity contribution in [3.8, 4) is 0 Å². The van der Waals surface area contributed by atoms with Crippen molar-refractivity contribution in [3.63, 3.8) is 0 Å². The van der Waals surface area contributed by atoms with Gasteiger partial charge in [0, 0.05) is 12.1 Å². The summed E-state index contributed by atoms with van der Waals surface area (Å²) in [5.74, 6) is -0.168. The fraction of sp³-hybridized carbons (Fsp3) is 0.350. The summed E-state index contributed by atoms with van der Waals surface area (Å²) >= 11 is 0. The number of carbonyl (C=O) groups excluding carboxylic acids is 1. The second-order valence-electron chi connectivity index (χ2n) is 7.00. The van der Waals surface area contributed by atoms with Crippen molar-refractivity contribution in [1.29, 1.82) is 0 Å². The van der Waals surface area contributed by atoms with Crippen LogP contribution in [-0.4, -0.2) is 26.4 Å². The van der Waals surface area contributed by atoms with Crippen molar-refractivity contribution >= 4 is 15.7 Å². The van der Waals surface area contributed by atoms with Crippen LogP contribution in [0.4, 0.5) is 0 Å². The van der Waals surface area contributed by atoms with E-state index >= 15 is 0 Å². The van der Waals surface area contributed by atoms with Crippen molar-refractivity contribution in [1.82, 2.24) is 5.32 Å². The number of sulfone groups is 1. The third kappa shape index (κ3) is 4.71. The van der Waals surface area contributed by atoms with E-state index in [2.05, 4.69) is 5.32 Å². The van der Waals surface area contributed by atoms with E-state index in [9.17, 15) is 13.2 Å². The first kappa shape index (κ1) is 20.1. The molecule has 2 rings (SSSR count). The SMILES string of the molecule is CC(C)C(C)(CN)NC(=O)c1ccc(S(=O)(=O)Cc2ccccc2)cc1. The smallest absolute Gasteiger partial charge is 0.251 e. The van der Waals surface area contributed by atoms with Gasteiger partial charge in [-0.3, -0.25) is 4.79 Å². The molecule has 2 aromatic rings. The molecule has 0 aliphatic rings. The first-order valence-corrected chi connectivity index (χ1v) is 10.2. The Labute approximate surface area is 155 Å². The molecule has 0 saturated carbocycles. The van der Waals surface area contributed by atoms with Crippen LogP contribution in [0.15, 0.2) is 59.5 Å². The molecule has 1 atom stereocenters. The zero-order valence-electron chi connectivity index (χ0n) is 15.4. The Kier molecular flexibility index (Phi) is 6.21. The molecule has 140 valence electrons. The molecule has 0 aliphatic carbocycles. The average Bonchev–Trinajstić information content (AvgIpc) is 2.62. The summed E-state index contributed by atoms with van der Waals surface area (Å²) in [4.78, 5) is 12.7. The molecular formula is C20H26N2O3S. The van der Waals surface area contributed by atoms with E-state index in [1.165, 1.54) is 24.3 Å². The van der Waals surface area contributed by atoms with Crippen LogP contribution in [0.25, 0.3) is 0 Å². The molecule has 6 heteroatoms. The Morgan fingerprint density at radius 2 is 1.65 bits per heavy atom. The first-order chi connectivity index (χ1) is 12.2. The maximum atomic E-state index is 12.5. The molecular weight excluding hydrogens is 348 g/mol. The number of hydrogen-bond acceptors (Lipinski definition) is 4. The summed E-state index contributed by atoms with van der Waals surface area (Å²) in [6, 6.07) is 15.0. The predicted molar refractivity (Wildman–Crippen MR) is 104 cm³/mol. The lowest BCUT2D eigenvalue weighted by molar-refractivity contribution is 0.0883. The molecule has 3 N–H and O–H groups in total. The maximum Gasteiger partial charge on any atom is 0.251 e. The average molecular weight is 375 g/mol. The highest BCUT2D eigenvalue weighted by Crippen LogP contribution is 2.19. The maximum absolute atomic E-state index is 12.5. The topological polar surface area (TPSA) is 89.3 Å². The van der Waals surface area contributed by atoms with Crippen molar-refractivity contribution in [3.05, 3.63) is 65.7 Å². The Morgan fingerprint density at radius 1 is 1.08 bits per heavy atom. The molecule has 0 aromatic heterocycles. The van der Waals surface area contributed by atoms with Gasteiger partial charge < -0.3 is 11.1 Å². The Bertz CT molecular complexity index is 846. The summed E-state index contributed by atoms with van der Waals surface area (Å²) in [6.45, 7) is 6.20. The van der Waals surface area contributed by atoms with Gasteiger partial charge in [-0.2, -0.15) is 0 Å². The first-order valence-electron chi connectivity index (χ1n) is 8.57. The monoisotopic (exact) mass is 374 g/mol. The molecule has 0 saturated heterocycles. The molecule has 0 heterocycles. The van der Waals surface area contributed by atoms with Gasteiger partial charge in [-0.1, -0.05) is 44.2 Å². The molecule has 1 amide bonds. The largest absolute Gasteiger partial charge is 0.345 e. The van der Waals surface area contributed by atoms with Gasteiger partial charge in [0.05, 0.1) is 16.2 Å². The zero-order valence-corrected chi connectivity index (χ0v) is 16.2. The van der Waals surface area contributed by atoms with Gasteiger partial charge in [-0.25, -0.2) is 8.42 Å². The lowest BCUT2D eigenvalue weighted by Gasteiger charge is -2.33. The fourth-order valence-corrected chi connectivity index (χ4v) is 3.80. The Hall–Kier alpha value is -2.18. The minimum absolute atomic E-state index is 0.0715. The lowest BCUT2D eigenvalue weighted by atomic mass is 9.88. The van der Waals surface area contributed by atoms with Gasteiger partial charge in [-0.15, -0.1) is 0 Å². The molecule has 2 aromatic carbocycles. The molecule has 0 spiro atoms. The van der Waals surface area contributed by atoms with E-state index in [4.69, 9.17) is 5.73 Å². The number of benzene rings is 2. The van der Waals surface area contributed by atoms with Crippen LogP contribution >= 0.6 is 0 Å². The van der Waals surface area contributed by atoms with Crippen LogP contribution in [0.2, 0.25) is 0 Å². The summed E-state index contributed by atoms with van der Waals surface area (Å²) in [6.07, 6.45) is 0. The van der Waals surface area contributed by atoms with E-state index in [1.807, 2.05) is 39.0 Å². The highest BCUT2D eigenvalue weighted by molar-refractivity contribution is 7.90. The number of carbonyl (C=O) groups is 1. The van der Waals surface area contributed by atoms with Gasteiger partial charge in [0.15, 0.2) is 9.84 Å². The van der Waals surface area contributed by atoms with Crippen LogP contribution in [0.1, 0.15) is 36.7 Å². The summed E-state index contributed by atoms with van der Waals surface area (Å²) in [7, 11) is -3.46. The third-order valence-electron chi connectivity index (χ3n) is 4.77. The van der Waals surface area contributed by atoms with Crippen molar-refractivity contribution in [2.45, 2.75) is 37.0 Å². The highest BCUT2D eigenvalue weighted by atomic mass is 32.2. The molecule has 0 radical (unpaired) electrons.